The van der Waals surface area contributed by atoms with Gasteiger partial charge in [0.15, 0.2) is 5.65 Å². The van der Waals surface area contributed by atoms with Crippen LogP contribution in [0, 0.1) is 0 Å². The topological polar surface area (TPSA) is 73.6 Å². The summed E-state index contributed by atoms with van der Waals surface area (Å²) < 4.78 is 1.45. The molecule has 0 saturated carbocycles. The van der Waals surface area contributed by atoms with E-state index in [4.69, 9.17) is 0 Å². The molecule has 0 N–H and O–H groups in total. The molecule has 0 atom stereocenters. The van der Waals surface area contributed by atoms with Crippen molar-refractivity contribution < 1.29 is 9.90 Å². The Labute approximate surface area is 97.5 Å². The summed E-state index contributed by atoms with van der Waals surface area (Å²) in [7, 11) is 0. The summed E-state index contributed by atoms with van der Waals surface area (Å²) >= 11 is 0. The van der Waals surface area contributed by atoms with Crippen molar-refractivity contribution in [2.45, 2.75) is 12.8 Å². The van der Waals surface area contributed by atoms with E-state index in [0.29, 0.717) is 5.65 Å². The van der Waals surface area contributed by atoms with Gasteiger partial charge < -0.3 is 14.8 Å². The molecule has 1 saturated heterocycles. The third-order valence-corrected chi connectivity index (χ3v) is 3.00. The lowest BCUT2D eigenvalue weighted by Crippen LogP contribution is -2.23. The first-order valence-corrected chi connectivity index (χ1v) is 5.56. The molecule has 3 rings (SSSR count). The average molecular weight is 231 g/mol. The fourth-order valence-electron chi connectivity index (χ4n) is 2.13. The molecule has 0 bridgehead atoms. The lowest BCUT2D eigenvalue weighted by atomic mass is 10.3. The molecular weight excluding hydrogens is 220 g/mol. The molecule has 0 amide bonds. The summed E-state index contributed by atoms with van der Waals surface area (Å²) in [5, 5.41) is 14.8. The zero-order chi connectivity index (χ0) is 11.8. The Morgan fingerprint density at radius 3 is 2.82 bits per heavy atom. The maximum atomic E-state index is 10.9. The molecule has 6 nitrogen and oxygen atoms in total. The molecule has 0 radical (unpaired) electrons. The number of aromatic nitrogens is 3. The molecule has 0 aromatic carbocycles. The van der Waals surface area contributed by atoms with Crippen molar-refractivity contribution in [2.75, 3.05) is 18.0 Å². The molecule has 17 heavy (non-hydrogen) atoms. The minimum Gasteiger partial charge on any atom is -0.545 e. The standard InChI is InChI=1S/C11H12N4O2/c16-11(17)8-7-12-15-6-3-9(13-10(8)15)14-4-1-2-5-14/h3,6-7H,1-2,4-5H2,(H,16,17)/p-1. The van der Waals surface area contributed by atoms with Crippen LogP contribution < -0.4 is 10.0 Å². The summed E-state index contributed by atoms with van der Waals surface area (Å²) in [5.41, 5.74) is 0.375. The smallest absolute Gasteiger partial charge is 0.166 e. The van der Waals surface area contributed by atoms with Crippen molar-refractivity contribution in [3.63, 3.8) is 0 Å². The van der Waals surface area contributed by atoms with Gasteiger partial charge >= 0.3 is 0 Å². The van der Waals surface area contributed by atoms with E-state index in [0.717, 1.165) is 31.7 Å². The summed E-state index contributed by atoms with van der Waals surface area (Å²) in [5.74, 6) is -0.441. The second kappa shape index (κ2) is 3.73. The SMILES string of the molecule is O=C([O-])c1cnn2ccc(N3CCCC3)nc12. The molecule has 1 aliphatic heterocycles. The predicted octanol–water partition coefficient (Wildman–Crippen LogP) is -0.307. The van der Waals surface area contributed by atoms with Gasteiger partial charge in [-0.1, -0.05) is 0 Å². The number of anilines is 1. The Balaban J connectivity index is 2.09. The van der Waals surface area contributed by atoms with Gasteiger partial charge in [0.2, 0.25) is 0 Å². The van der Waals surface area contributed by atoms with Crippen LogP contribution in [-0.4, -0.2) is 33.7 Å². The lowest BCUT2D eigenvalue weighted by molar-refractivity contribution is -0.254. The molecule has 0 aliphatic carbocycles. The third-order valence-electron chi connectivity index (χ3n) is 3.00. The molecule has 2 aromatic rings. The average Bonchev–Trinajstić information content (AvgIpc) is 2.97. The van der Waals surface area contributed by atoms with Crippen LogP contribution in [-0.2, 0) is 0 Å². The van der Waals surface area contributed by atoms with E-state index >= 15 is 0 Å². The van der Waals surface area contributed by atoms with Crippen molar-refractivity contribution in [1.29, 1.82) is 0 Å². The predicted molar refractivity (Wildman–Crippen MR) is 58.8 cm³/mol. The molecule has 2 aromatic heterocycles. The minimum absolute atomic E-state index is 0.0334. The highest BCUT2D eigenvalue weighted by molar-refractivity contribution is 5.92. The summed E-state index contributed by atoms with van der Waals surface area (Å²) in [6, 6.07) is 1.85. The highest BCUT2D eigenvalue weighted by Gasteiger charge is 2.15. The van der Waals surface area contributed by atoms with Crippen LogP contribution in [0.2, 0.25) is 0 Å². The van der Waals surface area contributed by atoms with Crippen LogP contribution in [0.4, 0.5) is 5.82 Å². The number of carboxylic acid groups (broad SMARTS) is 1. The highest BCUT2D eigenvalue weighted by atomic mass is 16.4. The Hall–Kier alpha value is -2.11. The largest absolute Gasteiger partial charge is 0.545 e. The van der Waals surface area contributed by atoms with E-state index in [9.17, 15) is 9.90 Å². The number of hydrogen-bond donors (Lipinski definition) is 0. The van der Waals surface area contributed by atoms with Gasteiger partial charge in [-0.3, -0.25) is 0 Å². The van der Waals surface area contributed by atoms with Crippen LogP contribution >= 0.6 is 0 Å². The summed E-state index contributed by atoms with van der Waals surface area (Å²) in [4.78, 5) is 17.4. The number of fused-ring (bicyclic) bond motifs is 1. The molecule has 0 unspecified atom stereocenters. The van der Waals surface area contributed by atoms with Gasteiger partial charge in [0, 0.05) is 19.3 Å². The monoisotopic (exact) mass is 231 g/mol. The zero-order valence-corrected chi connectivity index (χ0v) is 9.17. The second-order valence-electron chi connectivity index (χ2n) is 4.09. The van der Waals surface area contributed by atoms with Crippen molar-refractivity contribution >= 4 is 17.4 Å². The van der Waals surface area contributed by atoms with Crippen LogP contribution in [0.5, 0.6) is 0 Å². The third kappa shape index (κ3) is 1.61. The van der Waals surface area contributed by atoms with Gasteiger partial charge in [-0.15, -0.1) is 0 Å². The van der Waals surface area contributed by atoms with Crippen LogP contribution in [0.25, 0.3) is 5.65 Å². The highest BCUT2D eigenvalue weighted by Crippen LogP contribution is 2.19. The molecule has 0 spiro atoms. The maximum Gasteiger partial charge on any atom is 0.166 e. The molecule has 1 aliphatic rings. The molecular formula is C11H11N4O2-. The van der Waals surface area contributed by atoms with Crippen LogP contribution in [0.3, 0.4) is 0 Å². The summed E-state index contributed by atoms with van der Waals surface area (Å²) in [6.07, 6.45) is 5.30. The van der Waals surface area contributed by atoms with E-state index in [1.807, 2.05) is 6.07 Å². The van der Waals surface area contributed by atoms with E-state index in [1.165, 1.54) is 10.7 Å². The second-order valence-corrected chi connectivity index (χ2v) is 4.09. The number of nitrogens with zero attached hydrogens (tertiary/aromatic N) is 4. The van der Waals surface area contributed by atoms with E-state index in [1.54, 1.807) is 6.20 Å². The van der Waals surface area contributed by atoms with Crippen molar-refractivity contribution in [1.82, 2.24) is 14.6 Å². The van der Waals surface area contributed by atoms with Crippen molar-refractivity contribution in [3.8, 4) is 0 Å². The van der Waals surface area contributed by atoms with Gasteiger partial charge in [0.05, 0.1) is 17.7 Å². The van der Waals surface area contributed by atoms with E-state index in [-0.39, 0.29) is 5.56 Å². The number of rotatable bonds is 2. The fourth-order valence-corrected chi connectivity index (χ4v) is 2.13. The molecule has 88 valence electrons. The molecule has 6 heteroatoms. The van der Waals surface area contributed by atoms with Gasteiger partial charge in [-0.25, -0.2) is 9.50 Å². The lowest BCUT2D eigenvalue weighted by Gasteiger charge is -2.16. The Bertz CT molecular complexity index is 572. The number of carbonyl (C=O) groups excluding carboxylic acids is 1. The number of carbonyl (C=O) groups is 1. The number of aromatic carboxylic acids is 1. The van der Waals surface area contributed by atoms with E-state index < -0.39 is 5.97 Å². The number of carboxylic acids is 1. The summed E-state index contributed by atoms with van der Waals surface area (Å²) in [6.45, 7) is 1.94. The van der Waals surface area contributed by atoms with Gasteiger partial charge in [-0.05, 0) is 18.9 Å². The Morgan fingerprint density at radius 2 is 2.12 bits per heavy atom. The van der Waals surface area contributed by atoms with Crippen molar-refractivity contribution in [3.05, 3.63) is 24.0 Å². The zero-order valence-electron chi connectivity index (χ0n) is 9.17. The quantitative estimate of drug-likeness (QED) is 0.709. The van der Waals surface area contributed by atoms with E-state index in [2.05, 4.69) is 15.0 Å². The number of hydrogen-bond acceptors (Lipinski definition) is 5. The first-order valence-electron chi connectivity index (χ1n) is 5.56. The molecule has 3 heterocycles. The first-order chi connectivity index (χ1) is 8.25. The normalized spacial score (nSPS) is 15.6. The van der Waals surface area contributed by atoms with Gasteiger partial charge in [-0.2, -0.15) is 5.10 Å². The Kier molecular flexibility index (Phi) is 2.21. The van der Waals surface area contributed by atoms with Crippen LogP contribution in [0.15, 0.2) is 18.5 Å². The molecule has 1 fully saturated rings. The Morgan fingerprint density at radius 1 is 1.35 bits per heavy atom. The first kappa shape index (κ1) is 10.1. The van der Waals surface area contributed by atoms with Crippen LogP contribution in [0.1, 0.15) is 23.2 Å². The fraction of sp³-hybridized carbons (Fsp3) is 0.364. The van der Waals surface area contributed by atoms with Gasteiger partial charge in [0.1, 0.15) is 5.82 Å². The van der Waals surface area contributed by atoms with Gasteiger partial charge in [0.25, 0.3) is 0 Å². The van der Waals surface area contributed by atoms with Crippen molar-refractivity contribution in [2.24, 2.45) is 0 Å². The minimum atomic E-state index is -1.24. The maximum absolute atomic E-state index is 10.9.